The molecular formula is C31H24F7N3O5. The molecule has 2 fully saturated rings. The lowest BCUT2D eigenvalue weighted by molar-refractivity contribution is -0.140. The van der Waals surface area contributed by atoms with Crippen LogP contribution in [0.5, 0.6) is 5.75 Å². The van der Waals surface area contributed by atoms with Crippen LogP contribution in [0.3, 0.4) is 0 Å². The van der Waals surface area contributed by atoms with Crippen molar-refractivity contribution in [3.05, 3.63) is 89.0 Å². The van der Waals surface area contributed by atoms with Crippen LogP contribution in [0.15, 0.2) is 66.5 Å². The Hall–Kier alpha value is -4.95. The number of nitrogens with one attached hydrogen (secondary N) is 2. The average Bonchev–Trinajstić information content (AvgIpc) is 3.50. The maximum Gasteiger partial charge on any atom is 0.419 e. The van der Waals surface area contributed by atoms with Gasteiger partial charge in [0.25, 0.3) is 5.91 Å². The predicted octanol–water partition coefficient (Wildman–Crippen LogP) is 6.50. The quantitative estimate of drug-likeness (QED) is 0.199. The highest BCUT2D eigenvalue weighted by Crippen LogP contribution is 2.54. The van der Waals surface area contributed by atoms with Crippen molar-refractivity contribution in [3.8, 4) is 16.9 Å². The van der Waals surface area contributed by atoms with Crippen LogP contribution < -0.4 is 15.4 Å². The molecule has 2 saturated carbocycles. The van der Waals surface area contributed by atoms with E-state index < -0.39 is 71.0 Å². The van der Waals surface area contributed by atoms with Crippen molar-refractivity contribution in [2.75, 3.05) is 12.4 Å². The monoisotopic (exact) mass is 651 g/mol. The van der Waals surface area contributed by atoms with E-state index in [1.807, 2.05) is 0 Å². The third-order valence-corrected chi connectivity index (χ3v) is 8.13. The number of halogens is 7. The fourth-order valence-electron chi connectivity index (χ4n) is 6.24. The van der Waals surface area contributed by atoms with Gasteiger partial charge in [-0.2, -0.15) is 26.3 Å². The Bertz CT molecular complexity index is 1740. The number of carbonyl (C=O) groups is 3. The van der Waals surface area contributed by atoms with Crippen molar-refractivity contribution in [1.82, 2.24) is 10.3 Å². The lowest BCUT2D eigenvalue weighted by Crippen LogP contribution is -2.48. The van der Waals surface area contributed by atoms with Gasteiger partial charge < -0.3 is 20.5 Å². The normalized spacial score (nSPS) is 21.7. The fraction of sp³-hybridized carbons (Fsp3) is 0.290. The number of fused-ring (bicyclic) bond motifs is 2. The molecule has 15 heteroatoms. The number of rotatable bonds is 7. The number of ether oxygens (including phenoxy) is 1. The van der Waals surface area contributed by atoms with Gasteiger partial charge in [-0.25, -0.2) is 9.18 Å². The zero-order chi connectivity index (χ0) is 33.6. The molecule has 0 aliphatic heterocycles. The van der Waals surface area contributed by atoms with Crippen LogP contribution in [-0.2, 0) is 11.0 Å². The summed E-state index contributed by atoms with van der Waals surface area (Å²) < 4.78 is 99.5. The summed E-state index contributed by atoms with van der Waals surface area (Å²) in [6, 6.07) is 6.22. The van der Waals surface area contributed by atoms with E-state index in [9.17, 15) is 50.2 Å². The highest BCUT2D eigenvalue weighted by atomic mass is 19.4. The van der Waals surface area contributed by atoms with Gasteiger partial charge in [-0.3, -0.25) is 14.6 Å². The first-order chi connectivity index (χ1) is 21.6. The van der Waals surface area contributed by atoms with E-state index in [-0.39, 0.29) is 41.4 Å². The number of nitrogens with zero attached hydrogens (tertiary/aromatic N) is 1. The Kier molecular flexibility index (Phi) is 8.53. The largest absolute Gasteiger partial charge is 0.496 e. The molecule has 46 heavy (non-hydrogen) atoms. The van der Waals surface area contributed by atoms with Gasteiger partial charge in [-0.15, -0.1) is 0 Å². The van der Waals surface area contributed by atoms with Gasteiger partial charge in [0.1, 0.15) is 11.6 Å². The molecule has 242 valence electrons. The van der Waals surface area contributed by atoms with Crippen LogP contribution in [0.2, 0.25) is 0 Å². The molecule has 0 spiro atoms. The summed E-state index contributed by atoms with van der Waals surface area (Å²) in [4.78, 5) is 42.5. The van der Waals surface area contributed by atoms with Crippen LogP contribution in [0, 0.1) is 23.6 Å². The maximum absolute atomic E-state index is 13.8. The highest BCUT2D eigenvalue weighted by Gasteiger charge is 2.55. The lowest BCUT2D eigenvalue weighted by Gasteiger charge is -2.30. The first-order valence-electron chi connectivity index (χ1n) is 13.7. The Morgan fingerprint density at radius 2 is 1.67 bits per heavy atom. The summed E-state index contributed by atoms with van der Waals surface area (Å²) in [5.74, 6) is -7.77. The van der Waals surface area contributed by atoms with E-state index >= 15 is 0 Å². The molecular weight excluding hydrogens is 627 g/mol. The van der Waals surface area contributed by atoms with Gasteiger partial charge in [0.05, 0.1) is 29.7 Å². The average molecular weight is 652 g/mol. The van der Waals surface area contributed by atoms with E-state index in [0.717, 1.165) is 12.3 Å². The summed E-state index contributed by atoms with van der Waals surface area (Å²) in [6.07, 6.45) is -6.89. The zero-order valence-corrected chi connectivity index (χ0v) is 23.7. The first kappa shape index (κ1) is 32.4. The van der Waals surface area contributed by atoms with Crippen LogP contribution in [-0.4, -0.2) is 47.2 Å². The topological polar surface area (TPSA) is 118 Å². The molecule has 0 saturated heterocycles. The van der Waals surface area contributed by atoms with Gasteiger partial charge in [-0.05, 0) is 60.7 Å². The number of carboxylic acids is 1. The van der Waals surface area contributed by atoms with Gasteiger partial charge in [0.15, 0.2) is 0 Å². The van der Waals surface area contributed by atoms with E-state index in [0.29, 0.717) is 23.3 Å². The van der Waals surface area contributed by atoms with Gasteiger partial charge in [0.2, 0.25) is 5.91 Å². The molecule has 4 atom stereocenters. The molecule has 2 bridgehead atoms. The minimum absolute atomic E-state index is 0.0600. The fourth-order valence-corrected chi connectivity index (χ4v) is 6.24. The molecule has 0 radical (unpaired) electrons. The molecule has 2 amide bonds. The second-order valence-electron chi connectivity index (χ2n) is 10.9. The molecule has 3 N–H and O–H groups in total. The summed E-state index contributed by atoms with van der Waals surface area (Å²) >= 11 is 0. The molecule has 2 aliphatic rings. The van der Waals surface area contributed by atoms with Crippen LogP contribution in [0.25, 0.3) is 11.1 Å². The number of hydrogen-bond donors (Lipinski definition) is 3. The standard InChI is InChI=1S/C31H24F7N3O5/c1-46-24-7-2-14(15-8-16(29(44)45)13-39-12-15)9-20(24)27(42)41-26-19-5-4-18(21(19)11-30(33,34)35)25(26)28(43)40-17-3-6-23(32)22(10-17)31(36,37)38/h2-3,6-13,18-19,25-26H,4-5H2,1H3,(H,40,43)(H,41,42)(H,44,45)/b21-11-/t18?,19?,25-,26+/m0/s1. The van der Waals surface area contributed by atoms with Crippen molar-refractivity contribution in [1.29, 1.82) is 0 Å². The number of anilines is 1. The molecule has 1 aromatic heterocycles. The van der Waals surface area contributed by atoms with Crippen LogP contribution >= 0.6 is 0 Å². The number of methoxy groups -OCH3 is 1. The predicted molar refractivity (Wildman–Crippen MR) is 148 cm³/mol. The number of benzene rings is 2. The molecule has 1 heterocycles. The molecule has 8 nitrogen and oxygen atoms in total. The number of carboxylic acid groups (broad SMARTS) is 1. The second kappa shape index (κ2) is 12.1. The van der Waals surface area contributed by atoms with Gasteiger partial charge in [0, 0.05) is 41.7 Å². The Labute approximate surface area is 256 Å². The van der Waals surface area contributed by atoms with Crippen molar-refractivity contribution >= 4 is 23.5 Å². The number of aromatic carboxylic acids is 1. The maximum atomic E-state index is 13.8. The third-order valence-electron chi connectivity index (χ3n) is 8.13. The van der Waals surface area contributed by atoms with Crippen molar-refractivity contribution in [2.24, 2.45) is 17.8 Å². The summed E-state index contributed by atoms with van der Waals surface area (Å²) in [5, 5.41) is 14.2. The van der Waals surface area contributed by atoms with Crippen LogP contribution in [0.1, 0.15) is 39.1 Å². The minimum atomic E-state index is -5.07. The number of hydrogen-bond acceptors (Lipinski definition) is 5. The Morgan fingerprint density at radius 1 is 0.957 bits per heavy atom. The van der Waals surface area contributed by atoms with E-state index in [2.05, 4.69) is 15.6 Å². The zero-order valence-electron chi connectivity index (χ0n) is 23.7. The second-order valence-corrected chi connectivity index (χ2v) is 10.9. The lowest BCUT2D eigenvalue weighted by atomic mass is 9.83. The summed E-state index contributed by atoms with van der Waals surface area (Å²) in [6.45, 7) is 0. The Balaban J connectivity index is 1.49. The number of carbonyl (C=O) groups excluding carboxylic acids is 2. The molecule has 2 unspecified atom stereocenters. The van der Waals surface area contributed by atoms with E-state index in [1.165, 1.54) is 37.6 Å². The summed E-state index contributed by atoms with van der Waals surface area (Å²) in [5.41, 5.74) is -1.71. The number of aromatic nitrogens is 1. The molecule has 2 aromatic carbocycles. The Morgan fingerprint density at radius 3 is 2.33 bits per heavy atom. The molecule has 3 aromatic rings. The minimum Gasteiger partial charge on any atom is -0.496 e. The number of pyridine rings is 1. The number of amides is 2. The smallest absolute Gasteiger partial charge is 0.419 e. The van der Waals surface area contributed by atoms with Crippen molar-refractivity contribution < 1.29 is 55.0 Å². The first-order valence-corrected chi connectivity index (χ1v) is 13.7. The molecule has 5 rings (SSSR count). The highest BCUT2D eigenvalue weighted by molar-refractivity contribution is 6.00. The number of allylic oxidation sites excluding steroid dienone is 1. The van der Waals surface area contributed by atoms with Crippen molar-refractivity contribution in [2.45, 2.75) is 31.2 Å². The third kappa shape index (κ3) is 6.53. The van der Waals surface area contributed by atoms with E-state index in [4.69, 9.17) is 4.74 Å². The van der Waals surface area contributed by atoms with E-state index in [1.54, 1.807) is 0 Å². The molecule has 2 aliphatic carbocycles. The van der Waals surface area contributed by atoms with Gasteiger partial charge in [-0.1, -0.05) is 11.6 Å². The SMILES string of the molecule is COc1ccc(-c2cncc(C(=O)O)c2)cc1C(=O)N[C@@H]1C2CCC(/C2=C/C(F)(F)F)[C@@H]1C(=O)Nc1ccc(F)c(C(F)(F)F)c1. The van der Waals surface area contributed by atoms with Gasteiger partial charge >= 0.3 is 18.3 Å². The summed E-state index contributed by atoms with van der Waals surface area (Å²) in [7, 11) is 1.27. The number of alkyl halides is 6. The van der Waals surface area contributed by atoms with Crippen molar-refractivity contribution in [3.63, 3.8) is 0 Å². The van der Waals surface area contributed by atoms with Crippen LogP contribution in [0.4, 0.5) is 36.4 Å².